The molecule has 0 saturated heterocycles. The third kappa shape index (κ3) is 8.34. The van der Waals surface area contributed by atoms with Crippen molar-refractivity contribution in [2.24, 2.45) is 0 Å². The van der Waals surface area contributed by atoms with Crippen LogP contribution >= 0.6 is 0 Å². The minimum absolute atomic E-state index is 0.0317. The van der Waals surface area contributed by atoms with E-state index in [2.05, 4.69) is 23.1 Å². The third-order valence-corrected chi connectivity index (χ3v) is 4.36. The van der Waals surface area contributed by atoms with Crippen LogP contribution in [-0.4, -0.2) is 24.3 Å². The maximum atomic E-state index is 12.4. The highest BCUT2D eigenvalue weighted by Crippen LogP contribution is 2.18. The van der Waals surface area contributed by atoms with E-state index in [4.69, 9.17) is 4.74 Å². The molecule has 0 bridgehead atoms. The van der Waals surface area contributed by atoms with Gasteiger partial charge in [-0.2, -0.15) is 0 Å². The van der Waals surface area contributed by atoms with Crippen molar-refractivity contribution in [3.8, 4) is 5.75 Å². The number of nitrogens with one attached hydrogen (secondary N) is 3. The minimum atomic E-state index is -0.469. The summed E-state index contributed by atoms with van der Waals surface area (Å²) in [6.45, 7) is 3.05. The van der Waals surface area contributed by atoms with Crippen molar-refractivity contribution in [2.45, 2.75) is 45.6 Å². The molecule has 0 aliphatic rings. The normalized spacial score (nSPS) is 10.2. The number of ether oxygens (including phenoxy) is 1. The molecule has 0 aromatic heterocycles. The third-order valence-electron chi connectivity index (χ3n) is 4.36. The zero-order valence-corrected chi connectivity index (χ0v) is 17.3. The summed E-state index contributed by atoms with van der Waals surface area (Å²) in [4.78, 5) is 36.2. The lowest BCUT2D eigenvalue weighted by Gasteiger charge is -2.12. The molecule has 0 unspecified atom stereocenters. The van der Waals surface area contributed by atoms with Crippen LogP contribution in [0.4, 0.5) is 0 Å². The average molecular weight is 412 g/mol. The molecule has 2 aromatic rings. The van der Waals surface area contributed by atoms with Gasteiger partial charge in [-0.05, 0) is 24.1 Å². The van der Waals surface area contributed by atoms with Gasteiger partial charge in [0.15, 0.2) is 0 Å². The second-order valence-corrected chi connectivity index (χ2v) is 6.82. The molecule has 7 heteroatoms. The number of rotatable bonds is 11. The van der Waals surface area contributed by atoms with Gasteiger partial charge < -0.3 is 10.1 Å². The predicted molar refractivity (Wildman–Crippen MR) is 115 cm³/mol. The van der Waals surface area contributed by atoms with Gasteiger partial charge in [0.05, 0.1) is 12.2 Å². The molecule has 0 fully saturated rings. The van der Waals surface area contributed by atoms with E-state index in [9.17, 15) is 14.4 Å². The molecule has 0 radical (unpaired) electrons. The highest BCUT2D eigenvalue weighted by molar-refractivity contribution is 5.98. The first-order chi connectivity index (χ1) is 14.6. The Morgan fingerprint density at radius 3 is 2.30 bits per heavy atom. The molecule has 160 valence electrons. The molecule has 2 aromatic carbocycles. The van der Waals surface area contributed by atoms with Crippen LogP contribution in [0, 0.1) is 0 Å². The smallest absolute Gasteiger partial charge is 0.273 e. The van der Waals surface area contributed by atoms with Crippen LogP contribution in [0.1, 0.15) is 54.9 Å². The first kappa shape index (κ1) is 22.9. The van der Waals surface area contributed by atoms with Crippen molar-refractivity contribution in [1.82, 2.24) is 16.2 Å². The lowest BCUT2D eigenvalue weighted by atomic mass is 10.2. The molecule has 3 amide bonds. The van der Waals surface area contributed by atoms with Crippen LogP contribution < -0.4 is 20.9 Å². The zero-order valence-electron chi connectivity index (χ0n) is 17.3. The van der Waals surface area contributed by atoms with Crippen molar-refractivity contribution in [3.05, 3.63) is 65.7 Å². The number of carbonyl (C=O) groups excluding carboxylic acids is 3. The van der Waals surface area contributed by atoms with Gasteiger partial charge in [-0.15, -0.1) is 0 Å². The fourth-order valence-electron chi connectivity index (χ4n) is 2.68. The number of hydrazine groups is 1. The molecule has 0 atom stereocenters. The van der Waals surface area contributed by atoms with Crippen molar-refractivity contribution >= 4 is 17.7 Å². The second kappa shape index (κ2) is 13.0. The van der Waals surface area contributed by atoms with Gasteiger partial charge in [-0.25, -0.2) is 0 Å². The van der Waals surface area contributed by atoms with E-state index >= 15 is 0 Å². The number of unbranched alkanes of at least 4 members (excludes halogenated alkanes) is 2. The molecule has 0 aliphatic heterocycles. The SMILES string of the molecule is CCCCCOc1ccccc1C(=O)NNC(=O)CCC(=O)NCc1ccccc1. The Hall–Kier alpha value is -3.35. The van der Waals surface area contributed by atoms with Gasteiger partial charge in [0.25, 0.3) is 5.91 Å². The van der Waals surface area contributed by atoms with E-state index in [0.717, 1.165) is 24.8 Å². The number of amides is 3. The second-order valence-electron chi connectivity index (χ2n) is 6.82. The largest absolute Gasteiger partial charge is 0.493 e. The summed E-state index contributed by atoms with van der Waals surface area (Å²) in [6, 6.07) is 16.4. The van der Waals surface area contributed by atoms with E-state index < -0.39 is 11.8 Å². The van der Waals surface area contributed by atoms with E-state index in [1.807, 2.05) is 30.3 Å². The van der Waals surface area contributed by atoms with E-state index in [1.54, 1.807) is 24.3 Å². The Bertz CT molecular complexity index is 824. The van der Waals surface area contributed by atoms with Crippen molar-refractivity contribution in [2.75, 3.05) is 6.61 Å². The van der Waals surface area contributed by atoms with Gasteiger partial charge in [-0.1, -0.05) is 62.2 Å². The lowest BCUT2D eigenvalue weighted by molar-refractivity contribution is -0.126. The highest BCUT2D eigenvalue weighted by atomic mass is 16.5. The van der Waals surface area contributed by atoms with Crippen LogP contribution in [0.5, 0.6) is 5.75 Å². The number of hydrogen-bond acceptors (Lipinski definition) is 4. The zero-order chi connectivity index (χ0) is 21.6. The standard InChI is InChI=1S/C23H29N3O4/c1-2-3-9-16-30-20-13-8-7-12-19(20)23(29)26-25-22(28)15-14-21(27)24-17-18-10-5-4-6-11-18/h4-8,10-13H,2-3,9,14-17H2,1H3,(H,24,27)(H,25,28)(H,26,29). The first-order valence-corrected chi connectivity index (χ1v) is 10.2. The molecule has 2 rings (SSSR count). The number of hydrogen-bond donors (Lipinski definition) is 3. The maximum absolute atomic E-state index is 12.4. The van der Waals surface area contributed by atoms with Gasteiger partial charge in [-0.3, -0.25) is 25.2 Å². The van der Waals surface area contributed by atoms with Crippen LogP contribution in [0.2, 0.25) is 0 Å². The summed E-state index contributed by atoms with van der Waals surface area (Å²) in [5.74, 6) is -0.672. The van der Waals surface area contributed by atoms with Crippen molar-refractivity contribution in [1.29, 1.82) is 0 Å². The fourth-order valence-corrected chi connectivity index (χ4v) is 2.68. The number of benzene rings is 2. The Kier molecular flexibility index (Phi) is 9.92. The summed E-state index contributed by atoms with van der Waals surface area (Å²) >= 11 is 0. The number of para-hydroxylation sites is 1. The van der Waals surface area contributed by atoms with Gasteiger partial charge >= 0.3 is 0 Å². The topological polar surface area (TPSA) is 96.5 Å². The first-order valence-electron chi connectivity index (χ1n) is 10.2. The van der Waals surface area contributed by atoms with E-state index in [-0.39, 0.29) is 18.7 Å². The quantitative estimate of drug-likeness (QED) is 0.391. The van der Waals surface area contributed by atoms with Gasteiger partial charge in [0.2, 0.25) is 11.8 Å². The molecule has 30 heavy (non-hydrogen) atoms. The van der Waals surface area contributed by atoms with Crippen LogP contribution in [0.3, 0.4) is 0 Å². The van der Waals surface area contributed by atoms with Crippen molar-refractivity contribution < 1.29 is 19.1 Å². The average Bonchev–Trinajstić information content (AvgIpc) is 2.78. The number of carbonyl (C=O) groups is 3. The van der Waals surface area contributed by atoms with Crippen LogP contribution in [0.15, 0.2) is 54.6 Å². The fraction of sp³-hybridized carbons (Fsp3) is 0.348. The molecule has 0 saturated carbocycles. The van der Waals surface area contributed by atoms with Crippen molar-refractivity contribution in [3.63, 3.8) is 0 Å². The molecule has 3 N–H and O–H groups in total. The van der Waals surface area contributed by atoms with E-state index in [1.165, 1.54) is 0 Å². The van der Waals surface area contributed by atoms with Gasteiger partial charge in [0.1, 0.15) is 5.75 Å². The predicted octanol–water partition coefficient (Wildman–Crippen LogP) is 3.11. The Balaban J connectivity index is 1.71. The minimum Gasteiger partial charge on any atom is -0.493 e. The Labute approximate surface area is 177 Å². The maximum Gasteiger partial charge on any atom is 0.273 e. The lowest BCUT2D eigenvalue weighted by Crippen LogP contribution is -2.42. The molecule has 7 nitrogen and oxygen atoms in total. The van der Waals surface area contributed by atoms with E-state index in [0.29, 0.717) is 24.5 Å². The van der Waals surface area contributed by atoms with Gasteiger partial charge in [0, 0.05) is 19.4 Å². The summed E-state index contributed by atoms with van der Waals surface area (Å²) < 4.78 is 5.68. The Morgan fingerprint density at radius 1 is 0.833 bits per heavy atom. The Morgan fingerprint density at radius 2 is 1.53 bits per heavy atom. The summed E-state index contributed by atoms with van der Waals surface area (Å²) in [7, 11) is 0. The van der Waals surface area contributed by atoms with Crippen LogP contribution in [0.25, 0.3) is 0 Å². The summed E-state index contributed by atoms with van der Waals surface area (Å²) in [6.07, 6.45) is 3.06. The summed E-state index contributed by atoms with van der Waals surface area (Å²) in [5.41, 5.74) is 6.04. The summed E-state index contributed by atoms with van der Waals surface area (Å²) in [5, 5.41) is 2.76. The molecule has 0 heterocycles. The molecular weight excluding hydrogens is 382 g/mol. The molecular formula is C23H29N3O4. The highest BCUT2D eigenvalue weighted by Gasteiger charge is 2.13. The molecule has 0 aliphatic carbocycles. The monoisotopic (exact) mass is 411 g/mol. The van der Waals surface area contributed by atoms with Crippen LogP contribution in [-0.2, 0) is 16.1 Å². The molecule has 0 spiro atoms.